The van der Waals surface area contributed by atoms with Crippen LogP contribution >= 0.6 is 0 Å². The lowest BCUT2D eigenvalue weighted by atomic mass is 9.34. The molecule has 3 heterocycles. The molecule has 11 aromatic rings. The third kappa shape index (κ3) is 3.93. The second kappa shape index (κ2) is 11.3. The van der Waals surface area contributed by atoms with E-state index in [9.17, 15) is 0 Å². The van der Waals surface area contributed by atoms with E-state index in [1.807, 2.05) is 0 Å². The number of anilines is 3. The van der Waals surface area contributed by atoms with Gasteiger partial charge in [0.15, 0.2) is 0 Å². The van der Waals surface area contributed by atoms with Gasteiger partial charge in [0.1, 0.15) is 0 Å². The van der Waals surface area contributed by atoms with Gasteiger partial charge in [-0.25, -0.2) is 0 Å². The lowest BCUT2D eigenvalue weighted by molar-refractivity contribution is 1.21. The molecule has 10 aromatic carbocycles. The Labute approximate surface area is 325 Å². The van der Waals surface area contributed by atoms with Crippen molar-refractivity contribution in [3.8, 4) is 5.69 Å². The standard InChI is InChI=1S/C52H32B2N2/c1-4-15-35(16-5-1)53-43-24-14-22-39-38-21-10-12-25-45(38)56(51(39)43)52-41-30-28-34-32-47-50(40-29-27-33(31-44(52)53)49(41)48(34)40)54(36-17-6-2-7-18-36)42-23-11-13-26-46(42)55(47)37-19-8-3-9-20-37/h1-32H. The van der Waals surface area contributed by atoms with Gasteiger partial charge in [-0.05, 0) is 79.1 Å². The molecule has 256 valence electrons. The van der Waals surface area contributed by atoms with E-state index in [1.165, 1.54) is 110 Å². The van der Waals surface area contributed by atoms with Gasteiger partial charge in [-0.3, -0.25) is 0 Å². The van der Waals surface area contributed by atoms with Crippen LogP contribution in [-0.2, 0) is 0 Å². The molecular weight excluding hydrogens is 674 g/mol. The van der Waals surface area contributed by atoms with Crippen molar-refractivity contribution in [2.45, 2.75) is 0 Å². The fraction of sp³-hybridized carbons (Fsp3) is 0. The van der Waals surface area contributed by atoms with E-state index in [2.05, 4.69) is 204 Å². The molecule has 0 saturated heterocycles. The number of aromatic nitrogens is 1. The number of para-hydroxylation sites is 4. The Morgan fingerprint density at radius 3 is 1.79 bits per heavy atom. The highest BCUT2D eigenvalue weighted by atomic mass is 15.1. The summed E-state index contributed by atoms with van der Waals surface area (Å²) in [6.07, 6.45) is 0. The van der Waals surface area contributed by atoms with Crippen LogP contribution in [0.25, 0.3) is 59.8 Å². The maximum Gasteiger partial charge on any atom is 0.247 e. The summed E-state index contributed by atoms with van der Waals surface area (Å²) in [6.45, 7) is 0.183. The number of fused-ring (bicyclic) bond motifs is 9. The molecule has 0 bridgehead atoms. The third-order valence-electron chi connectivity index (χ3n) is 12.8. The number of hydrogen-bond donors (Lipinski definition) is 0. The Morgan fingerprint density at radius 2 is 0.982 bits per heavy atom. The molecule has 56 heavy (non-hydrogen) atoms. The van der Waals surface area contributed by atoms with Crippen molar-refractivity contribution in [1.82, 2.24) is 4.57 Å². The topological polar surface area (TPSA) is 8.17 Å². The zero-order valence-corrected chi connectivity index (χ0v) is 30.5. The molecule has 0 amide bonds. The first kappa shape index (κ1) is 30.3. The number of benzene rings is 10. The molecule has 2 nitrogen and oxygen atoms in total. The van der Waals surface area contributed by atoms with E-state index in [4.69, 9.17) is 0 Å². The molecule has 4 heteroatoms. The van der Waals surface area contributed by atoms with Crippen molar-refractivity contribution in [3.63, 3.8) is 0 Å². The Balaban J connectivity index is 1.19. The Hall–Kier alpha value is -7.03. The molecule has 2 aliphatic heterocycles. The van der Waals surface area contributed by atoms with Crippen LogP contribution in [0.1, 0.15) is 0 Å². The largest absolute Gasteiger partial charge is 0.311 e. The minimum absolute atomic E-state index is 0.0724. The van der Waals surface area contributed by atoms with Crippen LogP contribution in [0, 0.1) is 0 Å². The highest BCUT2D eigenvalue weighted by molar-refractivity contribution is 7.00. The molecule has 1 aromatic heterocycles. The SMILES string of the molecule is c1ccc(B2c3ccccc3N(c3ccccc3)c3cc4ccc5c6c(cc7ccc(c32)c4c75)B(c2ccccc2)c2cccc3c4ccccc4n-6c23)cc1. The summed E-state index contributed by atoms with van der Waals surface area (Å²) in [7, 11) is 0. The van der Waals surface area contributed by atoms with E-state index in [0.717, 1.165) is 0 Å². The van der Waals surface area contributed by atoms with Gasteiger partial charge in [0.2, 0.25) is 13.4 Å². The van der Waals surface area contributed by atoms with Crippen LogP contribution in [0.4, 0.5) is 17.1 Å². The first-order valence-corrected chi connectivity index (χ1v) is 19.7. The summed E-state index contributed by atoms with van der Waals surface area (Å²) >= 11 is 0. The quantitative estimate of drug-likeness (QED) is 0.132. The summed E-state index contributed by atoms with van der Waals surface area (Å²) in [4.78, 5) is 2.49. The second-order valence-corrected chi connectivity index (χ2v) is 15.6. The van der Waals surface area contributed by atoms with Crippen LogP contribution in [0.5, 0.6) is 0 Å². The van der Waals surface area contributed by atoms with Gasteiger partial charge in [0.05, 0.1) is 5.52 Å². The Morgan fingerprint density at radius 1 is 0.375 bits per heavy atom. The van der Waals surface area contributed by atoms with Gasteiger partial charge in [0.25, 0.3) is 0 Å². The van der Waals surface area contributed by atoms with Crippen molar-refractivity contribution in [2.75, 3.05) is 4.90 Å². The molecule has 0 atom stereocenters. The zero-order chi connectivity index (χ0) is 36.5. The molecular formula is C52H32B2N2. The molecule has 0 unspecified atom stereocenters. The van der Waals surface area contributed by atoms with Crippen LogP contribution in [0.15, 0.2) is 194 Å². The van der Waals surface area contributed by atoms with Crippen molar-refractivity contribution in [2.24, 2.45) is 0 Å². The van der Waals surface area contributed by atoms with Gasteiger partial charge < -0.3 is 9.47 Å². The lowest BCUT2D eigenvalue weighted by Crippen LogP contribution is -2.57. The van der Waals surface area contributed by atoms with Gasteiger partial charge in [-0.2, -0.15) is 0 Å². The van der Waals surface area contributed by atoms with Crippen molar-refractivity contribution in [1.29, 1.82) is 0 Å². The Kier molecular flexibility index (Phi) is 6.09. The normalized spacial score (nSPS) is 13.2. The summed E-state index contributed by atoms with van der Waals surface area (Å²) in [5.74, 6) is 0. The molecule has 0 radical (unpaired) electrons. The van der Waals surface area contributed by atoms with E-state index >= 15 is 0 Å². The minimum atomic E-state index is 0.0724. The first-order valence-electron chi connectivity index (χ1n) is 19.7. The first-order chi connectivity index (χ1) is 27.8. The van der Waals surface area contributed by atoms with Gasteiger partial charge in [-0.15, -0.1) is 0 Å². The van der Waals surface area contributed by atoms with Crippen LogP contribution in [0.2, 0.25) is 0 Å². The molecule has 0 fully saturated rings. The molecule has 0 aliphatic carbocycles. The summed E-state index contributed by atoms with van der Waals surface area (Å²) < 4.78 is 2.59. The van der Waals surface area contributed by atoms with Crippen molar-refractivity contribution in [3.05, 3.63) is 194 Å². The molecule has 0 spiro atoms. The highest BCUT2D eigenvalue weighted by Crippen LogP contribution is 2.44. The van der Waals surface area contributed by atoms with Gasteiger partial charge >= 0.3 is 0 Å². The van der Waals surface area contributed by atoms with Gasteiger partial charge in [-0.1, -0.05) is 175 Å². The smallest absolute Gasteiger partial charge is 0.247 e. The third-order valence-corrected chi connectivity index (χ3v) is 12.8. The maximum absolute atomic E-state index is 2.59. The molecule has 13 rings (SSSR count). The fourth-order valence-corrected chi connectivity index (χ4v) is 10.7. The minimum Gasteiger partial charge on any atom is -0.311 e. The maximum atomic E-state index is 2.59. The average molecular weight is 706 g/mol. The summed E-state index contributed by atoms with van der Waals surface area (Å²) in [5, 5.41) is 10.5. The van der Waals surface area contributed by atoms with Crippen LogP contribution < -0.4 is 37.7 Å². The zero-order valence-electron chi connectivity index (χ0n) is 30.5. The fourth-order valence-electron chi connectivity index (χ4n) is 10.7. The van der Waals surface area contributed by atoms with Crippen LogP contribution in [-0.4, -0.2) is 18.0 Å². The van der Waals surface area contributed by atoms with Gasteiger partial charge in [0, 0.05) is 44.4 Å². The van der Waals surface area contributed by atoms with Crippen molar-refractivity contribution >= 4 is 117 Å². The van der Waals surface area contributed by atoms with E-state index < -0.39 is 0 Å². The molecule has 0 N–H and O–H groups in total. The summed E-state index contributed by atoms with van der Waals surface area (Å²) in [5.41, 5.74) is 15.6. The number of nitrogens with zero attached hydrogens (tertiary/aromatic N) is 2. The highest BCUT2D eigenvalue weighted by Gasteiger charge is 2.39. The molecule has 0 saturated carbocycles. The van der Waals surface area contributed by atoms with E-state index in [0.29, 0.717) is 0 Å². The van der Waals surface area contributed by atoms with E-state index in [-0.39, 0.29) is 13.4 Å². The number of hydrogen-bond acceptors (Lipinski definition) is 1. The second-order valence-electron chi connectivity index (χ2n) is 15.6. The number of rotatable bonds is 3. The molecule has 2 aliphatic rings. The predicted octanol–water partition coefficient (Wildman–Crippen LogP) is 8.81. The monoisotopic (exact) mass is 706 g/mol. The lowest BCUT2D eigenvalue weighted by Gasteiger charge is -2.38. The summed E-state index contributed by atoms with van der Waals surface area (Å²) in [6, 6.07) is 72.7. The predicted molar refractivity (Wildman–Crippen MR) is 241 cm³/mol. The van der Waals surface area contributed by atoms with Crippen molar-refractivity contribution < 1.29 is 0 Å². The van der Waals surface area contributed by atoms with Crippen LogP contribution in [0.3, 0.4) is 0 Å². The van der Waals surface area contributed by atoms with E-state index in [1.54, 1.807) is 0 Å². The Bertz CT molecular complexity index is 3370. The average Bonchev–Trinajstić information content (AvgIpc) is 3.60.